The molecular weight excluding hydrogens is 470 g/mol. The molecule has 37 heavy (non-hydrogen) atoms. The molecule has 2 fully saturated rings. The third kappa shape index (κ3) is 5.66. The van der Waals surface area contributed by atoms with Gasteiger partial charge < -0.3 is 24.2 Å². The van der Waals surface area contributed by atoms with Crippen LogP contribution in [0.1, 0.15) is 23.2 Å². The van der Waals surface area contributed by atoms with Gasteiger partial charge in [-0.15, -0.1) is 10.2 Å². The van der Waals surface area contributed by atoms with Crippen molar-refractivity contribution in [3.63, 3.8) is 0 Å². The van der Waals surface area contributed by atoms with Gasteiger partial charge in [0.05, 0.1) is 19.9 Å². The van der Waals surface area contributed by atoms with Crippen LogP contribution in [-0.4, -0.2) is 84.8 Å². The number of benzene rings is 2. The Bertz CT molecular complexity index is 1240. The molecule has 9 nitrogen and oxygen atoms in total. The van der Waals surface area contributed by atoms with Crippen LogP contribution in [0.3, 0.4) is 0 Å². The standard InChI is InChI=1S/C28H31N5O4/c1-36-23-10-6-20(7-11-23)28(35)33(22-8-9-22)19-27(34)32-16-14-31(15-17-32)26-13-12-25(29-30-26)21-4-3-5-24(18-21)37-2/h3-7,10-13,18,22H,8-9,14-17,19H2,1-2H3. The highest BCUT2D eigenvalue weighted by molar-refractivity contribution is 5.97. The summed E-state index contributed by atoms with van der Waals surface area (Å²) in [5.41, 5.74) is 2.29. The van der Waals surface area contributed by atoms with Crippen LogP contribution < -0.4 is 14.4 Å². The van der Waals surface area contributed by atoms with E-state index in [2.05, 4.69) is 15.1 Å². The molecule has 2 aliphatic rings. The predicted molar refractivity (Wildman–Crippen MR) is 140 cm³/mol. The summed E-state index contributed by atoms with van der Waals surface area (Å²) in [4.78, 5) is 32.0. The molecule has 5 rings (SSSR count). The van der Waals surface area contributed by atoms with E-state index in [1.165, 1.54) is 0 Å². The van der Waals surface area contributed by atoms with E-state index < -0.39 is 0 Å². The lowest BCUT2D eigenvalue weighted by Gasteiger charge is -2.36. The Morgan fingerprint density at radius 2 is 1.62 bits per heavy atom. The van der Waals surface area contributed by atoms with Crippen LogP contribution in [0.25, 0.3) is 11.3 Å². The smallest absolute Gasteiger partial charge is 0.254 e. The zero-order valence-electron chi connectivity index (χ0n) is 21.2. The number of rotatable bonds is 8. The summed E-state index contributed by atoms with van der Waals surface area (Å²) in [6.07, 6.45) is 1.88. The fourth-order valence-electron chi connectivity index (χ4n) is 4.51. The van der Waals surface area contributed by atoms with Gasteiger partial charge in [-0.2, -0.15) is 0 Å². The van der Waals surface area contributed by atoms with Gasteiger partial charge in [-0.1, -0.05) is 12.1 Å². The van der Waals surface area contributed by atoms with Crippen molar-refractivity contribution in [1.82, 2.24) is 20.0 Å². The quantitative estimate of drug-likeness (QED) is 0.469. The van der Waals surface area contributed by atoms with E-state index in [4.69, 9.17) is 9.47 Å². The molecule has 1 aliphatic carbocycles. The van der Waals surface area contributed by atoms with E-state index in [1.807, 2.05) is 41.3 Å². The molecule has 0 bridgehead atoms. The van der Waals surface area contributed by atoms with Crippen molar-refractivity contribution >= 4 is 17.6 Å². The highest BCUT2D eigenvalue weighted by atomic mass is 16.5. The molecule has 2 heterocycles. The fraction of sp³-hybridized carbons (Fsp3) is 0.357. The van der Waals surface area contributed by atoms with E-state index in [9.17, 15) is 9.59 Å². The fourth-order valence-corrected chi connectivity index (χ4v) is 4.51. The SMILES string of the molecule is COc1ccc(C(=O)N(CC(=O)N2CCN(c3ccc(-c4cccc(OC)c4)nn3)CC2)C2CC2)cc1. The third-order valence-corrected chi connectivity index (χ3v) is 6.86. The summed E-state index contributed by atoms with van der Waals surface area (Å²) in [6.45, 7) is 2.58. The number of nitrogens with zero attached hydrogens (tertiary/aromatic N) is 5. The van der Waals surface area contributed by atoms with E-state index in [0.717, 1.165) is 35.7 Å². The monoisotopic (exact) mass is 501 g/mol. The molecule has 3 aromatic rings. The average molecular weight is 502 g/mol. The van der Waals surface area contributed by atoms with Gasteiger partial charge in [0.15, 0.2) is 5.82 Å². The lowest BCUT2D eigenvalue weighted by molar-refractivity contribution is -0.132. The van der Waals surface area contributed by atoms with Crippen LogP contribution in [0.5, 0.6) is 11.5 Å². The van der Waals surface area contributed by atoms with Crippen molar-refractivity contribution in [2.45, 2.75) is 18.9 Å². The average Bonchev–Trinajstić information content (AvgIpc) is 3.81. The Labute approximate surface area is 216 Å². The maximum absolute atomic E-state index is 13.1. The topological polar surface area (TPSA) is 88.1 Å². The van der Waals surface area contributed by atoms with E-state index in [-0.39, 0.29) is 24.4 Å². The molecular formula is C28H31N5O4. The second-order valence-electron chi connectivity index (χ2n) is 9.27. The number of aromatic nitrogens is 2. The first-order valence-corrected chi connectivity index (χ1v) is 12.5. The summed E-state index contributed by atoms with van der Waals surface area (Å²) in [6, 6.07) is 18.8. The number of anilines is 1. The van der Waals surface area contributed by atoms with Crippen LogP contribution in [0.4, 0.5) is 5.82 Å². The van der Waals surface area contributed by atoms with Gasteiger partial charge >= 0.3 is 0 Å². The first-order chi connectivity index (χ1) is 18.1. The summed E-state index contributed by atoms with van der Waals surface area (Å²) >= 11 is 0. The maximum Gasteiger partial charge on any atom is 0.254 e. The third-order valence-electron chi connectivity index (χ3n) is 6.86. The lowest BCUT2D eigenvalue weighted by atomic mass is 10.1. The van der Waals surface area contributed by atoms with Gasteiger partial charge in [-0.3, -0.25) is 9.59 Å². The van der Waals surface area contributed by atoms with Gasteiger partial charge in [-0.25, -0.2) is 0 Å². The second-order valence-corrected chi connectivity index (χ2v) is 9.27. The van der Waals surface area contributed by atoms with E-state index >= 15 is 0 Å². The van der Waals surface area contributed by atoms with Crippen LogP contribution in [0.15, 0.2) is 60.7 Å². The molecule has 0 atom stereocenters. The Morgan fingerprint density at radius 3 is 2.24 bits per heavy atom. The molecule has 2 aromatic carbocycles. The van der Waals surface area contributed by atoms with E-state index in [0.29, 0.717) is 37.5 Å². The Balaban J connectivity index is 1.17. The van der Waals surface area contributed by atoms with E-state index in [1.54, 1.807) is 43.4 Å². The van der Waals surface area contributed by atoms with Crippen LogP contribution >= 0.6 is 0 Å². The van der Waals surface area contributed by atoms with Crippen molar-refractivity contribution in [3.05, 3.63) is 66.2 Å². The van der Waals surface area contributed by atoms with Gasteiger partial charge in [0.1, 0.15) is 18.0 Å². The highest BCUT2D eigenvalue weighted by Gasteiger charge is 2.35. The molecule has 0 spiro atoms. The summed E-state index contributed by atoms with van der Waals surface area (Å²) < 4.78 is 10.5. The largest absolute Gasteiger partial charge is 0.497 e. The van der Waals surface area contributed by atoms with Crippen LogP contribution in [0.2, 0.25) is 0 Å². The minimum absolute atomic E-state index is 0.0205. The molecule has 192 valence electrons. The Morgan fingerprint density at radius 1 is 0.892 bits per heavy atom. The number of methoxy groups -OCH3 is 2. The van der Waals surface area contributed by atoms with Crippen molar-refractivity contribution in [1.29, 1.82) is 0 Å². The number of hydrogen-bond donors (Lipinski definition) is 0. The Hall–Kier alpha value is -4.14. The number of hydrogen-bond acceptors (Lipinski definition) is 7. The van der Waals surface area contributed by atoms with Crippen LogP contribution in [-0.2, 0) is 4.79 Å². The molecule has 0 N–H and O–H groups in total. The van der Waals surface area contributed by atoms with Crippen molar-refractivity contribution < 1.29 is 19.1 Å². The number of amides is 2. The molecule has 9 heteroatoms. The normalized spacial score (nSPS) is 15.3. The number of piperazine rings is 1. The molecule has 1 aliphatic heterocycles. The maximum atomic E-state index is 13.1. The molecule has 0 radical (unpaired) electrons. The molecule has 0 unspecified atom stereocenters. The van der Waals surface area contributed by atoms with Gasteiger partial charge in [0.25, 0.3) is 5.91 Å². The lowest BCUT2D eigenvalue weighted by Crippen LogP contribution is -2.52. The van der Waals surface area contributed by atoms with Crippen molar-refractivity contribution in [2.75, 3.05) is 51.8 Å². The number of carbonyl (C=O) groups excluding carboxylic acids is 2. The first-order valence-electron chi connectivity index (χ1n) is 12.5. The predicted octanol–water partition coefficient (Wildman–Crippen LogP) is 3.11. The molecule has 1 saturated carbocycles. The number of ether oxygens (including phenoxy) is 2. The second kappa shape index (κ2) is 10.9. The van der Waals surface area contributed by atoms with Crippen molar-refractivity contribution in [3.8, 4) is 22.8 Å². The van der Waals surface area contributed by atoms with Gasteiger partial charge in [0, 0.05) is 43.3 Å². The van der Waals surface area contributed by atoms with Gasteiger partial charge in [0.2, 0.25) is 5.91 Å². The minimum atomic E-state index is -0.108. The zero-order valence-corrected chi connectivity index (χ0v) is 21.2. The first kappa shape index (κ1) is 24.5. The molecule has 1 saturated heterocycles. The molecule has 1 aromatic heterocycles. The summed E-state index contributed by atoms with van der Waals surface area (Å²) in [7, 11) is 3.23. The van der Waals surface area contributed by atoms with Crippen molar-refractivity contribution in [2.24, 2.45) is 0 Å². The molecule has 2 amide bonds. The minimum Gasteiger partial charge on any atom is -0.497 e. The zero-order chi connectivity index (χ0) is 25.8. The Kier molecular flexibility index (Phi) is 7.20. The summed E-state index contributed by atoms with van der Waals surface area (Å²) in [5, 5.41) is 8.82. The summed E-state index contributed by atoms with van der Waals surface area (Å²) in [5.74, 6) is 2.13. The van der Waals surface area contributed by atoms with Crippen LogP contribution in [0, 0.1) is 0 Å². The number of carbonyl (C=O) groups is 2. The van der Waals surface area contributed by atoms with Gasteiger partial charge in [-0.05, 0) is 61.4 Å². The highest BCUT2D eigenvalue weighted by Crippen LogP contribution is 2.29.